The number of aryl methyl sites for hydroxylation is 2. The van der Waals surface area contributed by atoms with Crippen molar-refractivity contribution in [2.75, 3.05) is 5.32 Å². The minimum Gasteiger partial charge on any atom is -0.485 e. The predicted octanol–water partition coefficient (Wildman–Crippen LogP) is 5.02. The molecule has 2 heterocycles. The molecule has 1 N–H and O–H groups in total. The van der Waals surface area contributed by atoms with Gasteiger partial charge in [-0.05, 0) is 60.9 Å². The monoisotopic (exact) mass is 436 g/mol. The van der Waals surface area contributed by atoms with E-state index in [9.17, 15) is 4.79 Å². The van der Waals surface area contributed by atoms with E-state index < -0.39 is 5.91 Å². The first-order valence-corrected chi connectivity index (χ1v) is 10.1. The summed E-state index contributed by atoms with van der Waals surface area (Å²) in [7, 11) is 0. The van der Waals surface area contributed by atoms with Crippen LogP contribution in [0.3, 0.4) is 0 Å². The fourth-order valence-electron chi connectivity index (χ4n) is 3.05. The average molecular weight is 437 g/mol. The van der Waals surface area contributed by atoms with Gasteiger partial charge in [0.2, 0.25) is 5.95 Å². The van der Waals surface area contributed by atoms with Gasteiger partial charge in [0.05, 0.1) is 6.54 Å². The zero-order valence-corrected chi connectivity index (χ0v) is 17.9. The van der Waals surface area contributed by atoms with E-state index in [-0.39, 0.29) is 18.3 Å². The number of anilines is 1. The maximum Gasteiger partial charge on any atom is 0.293 e. The molecule has 1 amide bonds. The number of aromatic nitrogens is 3. The smallest absolute Gasteiger partial charge is 0.293 e. The quantitative estimate of drug-likeness (QED) is 0.439. The molecule has 8 heteroatoms. The van der Waals surface area contributed by atoms with Gasteiger partial charge in [0, 0.05) is 5.02 Å². The van der Waals surface area contributed by atoms with Crippen molar-refractivity contribution in [2.24, 2.45) is 0 Å². The van der Waals surface area contributed by atoms with E-state index in [1.807, 2.05) is 44.2 Å². The molecule has 31 heavy (non-hydrogen) atoms. The van der Waals surface area contributed by atoms with Gasteiger partial charge in [-0.2, -0.15) is 0 Å². The average Bonchev–Trinajstić information content (AvgIpc) is 3.39. The lowest BCUT2D eigenvalue weighted by Gasteiger charge is -2.07. The lowest BCUT2D eigenvalue weighted by Crippen LogP contribution is -2.12. The van der Waals surface area contributed by atoms with Crippen molar-refractivity contribution in [1.82, 2.24) is 14.8 Å². The minimum absolute atomic E-state index is 0.154. The van der Waals surface area contributed by atoms with Gasteiger partial charge in [0.25, 0.3) is 5.91 Å². The Labute approximate surface area is 184 Å². The summed E-state index contributed by atoms with van der Waals surface area (Å²) in [5.74, 6) is 1.17. The number of hydrogen-bond acceptors (Lipinski definition) is 5. The van der Waals surface area contributed by atoms with E-state index >= 15 is 0 Å². The maximum atomic E-state index is 12.5. The van der Waals surface area contributed by atoms with E-state index in [1.54, 1.807) is 35.3 Å². The molecule has 0 unspecified atom stereocenters. The van der Waals surface area contributed by atoms with Gasteiger partial charge in [0.1, 0.15) is 24.4 Å². The molecule has 0 aliphatic rings. The van der Waals surface area contributed by atoms with E-state index in [0.29, 0.717) is 23.1 Å². The molecule has 2 aromatic carbocycles. The Balaban J connectivity index is 1.35. The first kappa shape index (κ1) is 20.7. The Morgan fingerprint density at radius 2 is 1.97 bits per heavy atom. The molecule has 2 aromatic heterocycles. The van der Waals surface area contributed by atoms with Crippen molar-refractivity contribution >= 4 is 23.5 Å². The fourth-order valence-corrected chi connectivity index (χ4v) is 3.28. The van der Waals surface area contributed by atoms with Crippen LogP contribution >= 0.6 is 11.6 Å². The summed E-state index contributed by atoms with van der Waals surface area (Å²) in [6.45, 7) is 4.72. The molecule has 0 saturated carbocycles. The van der Waals surface area contributed by atoms with Crippen LogP contribution < -0.4 is 10.1 Å². The third-order valence-electron chi connectivity index (χ3n) is 4.75. The topological polar surface area (TPSA) is 82.2 Å². The van der Waals surface area contributed by atoms with Gasteiger partial charge >= 0.3 is 0 Å². The second-order valence-corrected chi connectivity index (χ2v) is 7.55. The molecule has 0 aliphatic carbocycles. The highest BCUT2D eigenvalue weighted by molar-refractivity contribution is 6.30. The van der Waals surface area contributed by atoms with Crippen molar-refractivity contribution in [2.45, 2.75) is 27.0 Å². The second kappa shape index (κ2) is 9.06. The summed E-state index contributed by atoms with van der Waals surface area (Å²) in [6, 6.07) is 16.7. The first-order valence-electron chi connectivity index (χ1n) is 9.71. The number of nitrogens with zero attached hydrogens (tertiary/aromatic N) is 3. The van der Waals surface area contributed by atoms with E-state index in [0.717, 1.165) is 11.1 Å². The highest BCUT2D eigenvalue weighted by Crippen LogP contribution is 2.23. The number of hydrogen-bond donors (Lipinski definition) is 1. The van der Waals surface area contributed by atoms with E-state index in [4.69, 9.17) is 20.8 Å². The molecule has 0 atom stereocenters. The molecule has 4 aromatic rings. The number of benzene rings is 2. The van der Waals surface area contributed by atoms with E-state index in [1.165, 1.54) is 5.56 Å². The molecule has 0 radical (unpaired) electrons. The largest absolute Gasteiger partial charge is 0.485 e. The third-order valence-corrected chi connectivity index (χ3v) is 4.98. The van der Waals surface area contributed by atoms with Gasteiger partial charge in [-0.3, -0.25) is 10.1 Å². The number of carbonyl (C=O) groups is 1. The highest BCUT2D eigenvalue weighted by atomic mass is 35.5. The molecular weight excluding hydrogens is 416 g/mol. The van der Waals surface area contributed by atoms with Crippen LogP contribution in [0.1, 0.15) is 33.0 Å². The number of carbonyl (C=O) groups excluding carboxylic acids is 1. The summed E-state index contributed by atoms with van der Waals surface area (Å²) in [5, 5.41) is 7.61. The molecule has 7 nitrogen and oxygen atoms in total. The SMILES string of the molecule is Cc1ccccc1Cn1cnc(NC(=O)c2ccc(COc3ccc(Cl)cc3C)o2)n1. The lowest BCUT2D eigenvalue weighted by atomic mass is 10.1. The standard InChI is InChI=1S/C23H21ClN4O3/c1-15-5-3-4-6-17(15)12-28-14-25-23(27-28)26-22(29)21-10-8-19(31-21)13-30-20-9-7-18(24)11-16(20)2/h3-11,14H,12-13H2,1-2H3,(H,26,27,29). The van der Waals surface area contributed by atoms with Gasteiger partial charge in [-0.1, -0.05) is 35.9 Å². The van der Waals surface area contributed by atoms with Crippen molar-refractivity contribution in [1.29, 1.82) is 0 Å². The Bertz CT molecular complexity index is 1220. The van der Waals surface area contributed by atoms with Gasteiger partial charge in [-0.25, -0.2) is 9.67 Å². The van der Waals surface area contributed by atoms with E-state index in [2.05, 4.69) is 15.4 Å². The Morgan fingerprint density at radius 1 is 1.13 bits per heavy atom. The molecular formula is C23H21ClN4O3. The summed E-state index contributed by atoms with van der Waals surface area (Å²) in [6.07, 6.45) is 1.58. The summed E-state index contributed by atoms with van der Waals surface area (Å²) < 4.78 is 13.0. The molecule has 0 aliphatic heterocycles. The van der Waals surface area contributed by atoms with Crippen LogP contribution in [0.15, 0.2) is 65.3 Å². The van der Waals surface area contributed by atoms with Crippen LogP contribution in [0.25, 0.3) is 0 Å². The number of amides is 1. The molecule has 4 rings (SSSR count). The summed E-state index contributed by atoms with van der Waals surface area (Å²) in [5.41, 5.74) is 3.23. The van der Waals surface area contributed by atoms with Gasteiger partial charge in [-0.15, -0.1) is 5.10 Å². The fraction of sp³-hybridized carbons (Fsp3) is 0.174. The molecule has 158 valence electrons. The Morgan fingerprint density at radius 3 is 2.77 bits per heavy atom. The zero-order chi connectivity index (χ0) is 21.8. The van der Waals surface area contributed by atoms with Crippen LogP contribution in [0.2, 0.25) is 5.02 Å². The third kappa shape index (κ3) is 5.13. The number of ether oxygens (including phenoxy) is 1. The lowest BCUT2D eigenvalue weighted by molar-refractivity contribution is 0.0991. The van der Waals surface area contributed by atoms with Crippen LogP contribution in [0.4, 0.5) is 5.95 Å². The maximum absolute atomic E-state index is 12.5. The van der Waals surface area contributed by atoms with Crippen LogP contribution in [0, 0.1) is 13.8 Å². The number of halogens is 1. The van der Waals surface area contributed by atoms with Crippen molar-refractivity contribution in [3.63, 3.8) is 0 Å². The normalized spacial score (nSPS) is 10.8. The van der Waals surface area contributed by atoms with Crippen LogP contribution in [0.5, 0.6) is 5.75 Å². The van der Waals surface area contributed by atoms with Gasteiger partial charge < -0.3 is 9.15 Å². The molecule has 0 saturated heterocycles. The summed E-state index contributed by atoms with van der Waals surface area (Å²) in [4.78, 5) is 16.6. The number of furan rings is 1. The van der Waals surface area contributed by atoms with Crippen LogP contribution in [-0.2, 0) is 13.2 Å². The number of rotatable bonds is 7. The highest BCUT2D eigenvalue weighted by Gasteiger charge is 2.14. The first-order chi connectivity index (χ1) is 15.0. The summed E-state index contributed by atoms with van der Waals surface area (Å²) >= 11 is 5.96. The minimum atomic E-state index is -0.428. The molecule has 0 spiro atoms. The second-order valence-electron chi connectivity index (χ2n) is 7.11. The van der Waals surface area contributed by atoms with Crippen LogP contribution in [-0.4, -0.2) is 20.7 Å². The zero-order valence-electron chi connectivity index (χ0n) is 17.1. The molecule has 0 bridgehead atoms. The van der Waals surface area contributed by atoms with Crippen molar-refractivity contribution < 1.29 is 13.9 Å². The van der Waals surface area contributed by atoms with Crippen molar-refractivity contribution in [3.05, 3.63) is 94.2 Å². The number of nitrogens with one attached hydrogen (secondary N) is 1. The predicted molar refractivity (Wildman–Crippen MR) is 117 cm³/mol. The molecule has 0 fully saturated rings. The Kier molecular flexibility index (Phi) is 6.04. The van der Waals surface area contributed by atoms with Crippen molar-refractivity contribution in [3.8, 4) is 5.75 Å². The van der Waals surface area contributed by atoms with Gasteiger partial charge in [0.15, 0.2) is 5.76 Å². The Hall–Kier alpha value is -3.58.